The minimum atomic E-state index is -10.7. The van der Waals surface area contributed by atoms with E-state index < -0.39 is 7.81 Å². The molecule has 186 valence electrons. The molecule has 0 radical (unpaired) electrons. The van der Waals surface area contributed by atoms with Crippen LogP contribution in [0, 0.1) is 11.3 Å². The summed E-state index contributed by atoms with van der Waals surface area (Å²) in [4.78, 5) is 0. The molecule has 35 heavy (non-hydrogen) atoms. The van der Waals surface area contributed by atoms with Crippen molar-refractivity contribution in [3.05, 3.63) is 90.0 Å². The van der Waals surface area contributed by atoms with Crippen molar-refractivity contribution in [3.8, 4) is 11.8 Å². The Morgan fingerprint density at radius 2 is 1.29 bits per heavy atom. The molecule has 4 aromatic rings. The molecule has 0 unspecified atom stereocenters. The summed E-state index contributed by atoms with van der Waals surface area (Å²) in [5.41, 5.74) is 2.06. The molecule has 0 aliphatic carbocycles. The van der Waals surface area contributed by atoms with Crippen LogP contribution in [0.4, 0.5) is 25.2 Å². The van der Waals surface area contributed by atoms with Gasteiger partial charge in [-0.1, -0.05) is 48.5 Å². The van der Waals surface area contributed by atoms with Crippen LogP contribution in [-0.4, -0.2) is 13.2 Å². The Morgan fingerprint density at radius 3 is 1.80 bits per heavy atom. The third-order valence-electron chi connectivity index (χ3n) is 5.04. The van der Waals surface area contributed by atoms with Crippen molar-refractivity contribution in [1.29, 1.82) is 5.26 Å². The van der Waals surface area contributed by atoms with Crippen LogP contribution in [0.2, 0.25) is 0 Å². The number of nitriles is 1. The third kappa shape index (κ3) is 9.44. The number of ether oxygens (including phenoxy) is 1. The quantitative estimate of drug-likeness (QED) is 0.119. The minimum absolute atomic E-state index is 0.656. The van der Waals surface area contributed by atoms with Gasteiger partial charge >= 0.3 is 33.0 Å². The normalized spacial score (nSPS) is 13.3. The van der Waals surface area contributed by atoms with E-state index in [4.69, 9.17) is 10.00 Å². The van der Waals surface area contributed by atoms with Crippen LogP contribution in [0.3, 0.4) is 0 Å². The fourth-order valence-corrected chi connectivity index (χ4v) is 3.62. The molecular formula is C25H23F6N2OP. The van der Waals surface area contributed by atoms with Gasteiger partial charge in [-0.15, -0.1) is 0 Å². The SMILES string of the molecule is F[P-](F)(F)(F)(F)F.N#Cc1ccc(OCCC[NH2+]Cc2c3ccccc3cc3ccccc23)cc1. The van der Waals surface area contributed by atoms with E-state index in [9.17, 15) is 25.2 Å². The van der Waals surface area contributed by atoms with E-state index in [0.29, 0.717) is 12.2 Å². The van der Waals surface area contributed by atoms with Gasteiger partial charge in [0, 0.05) is 12.0 Å². The Kier molecular flexibility index (Phi) is 7.30. The maximum absolute atomic E-state index is 10.7. The van der Waals surface area contributed by atoms with Crippen LogP contribution in [0.15, 0.2) is 78.9 Å². The number of quaternary nitrogens is 1. The number of fused-ring (bicyclic) bond motifs is 2. The van der Waals surface area contributed by atoms with E-state index in [2.05, 4.69) is 66.0 Å². The first-order valence-electron chi connectivity index (χ1n) is 10.7. The zero-order valence-electron chi connectivity index (χ0n) is 18.5. The number of nitrogens with zero attached hydrogens (tertiary/aromatic N) is 1. The number of hydrogen-bond donors (Lipinski definition) is 1. The van der Waals surface area contributed by atoms with Crippen molar-refractivity contribution < 1.29 is 35.2 Å². The maximum Gasteiger partial charge on any atom is 0.119 e. The molecule has 0 amide bonds. The Bertz CT molecular complexity index is 1290. The van der Waals surface area contributed by atoms with Crippen molar-refractivity contribution in [2.75, 3.05) is 13.2 Å². The van der Waals surface area contributed by atoms with Crippen molar-refractivity contribution in [2.24, 2.45) is 0 Å². The molecule has 0 atom stereocenters. The molecular weight excluding hydrogens is 489 g/mol. The summed E-state index contributed by atoms with van der Waals surface area (Å²) >= 11 is 0. The molecule has 0 aromatic heterocycles. The van der Waals surface area contributed by atoms with E-state index in [0.717, 1.165) is 25.3 Å². The zero-order valence-corrected chi connectivity index (χ0v) is 19.4. The van der Waals surface area contributed by atoms with Gasteiger partial charge < -0.3 is 10.1 Å². The van der Waals surface area contributed by atoms with Gasteiger partial charge in [0.05, 0.1) is 24.8 Å². The third-order valence-corrected chi connectivity index (χ3v) is 5.04. The fraction of sp³-hybridized carbons (Fsp3) is 0.160. The van der Waals surface area contributed by atoms with E-state index in [1.54, 1.807) is 12.1 Å². The van der Waals surface area contributed by atoms with Gasteiger partial charge in [0.2, 0.25) is 0 Å². The number of nitrogens with two attached hydrogens (primary N) is 1. The largest absolute Gasteiger partial charge is 0.493 e. The van der Waals surface area contributed by atoms with Crippen LogP contribution in [0.1, 0.15) is 17.5 Å². The van der Waals surface area contributed by atoms with Gasteiger partial charge in [0.1, 0.15) is 12.3 Å². The first-order chi connectivity index (χ1) is 16.3. The molecule has 0 fully saturated rings. The molecule has 0 heterocycles. The van der Waals surface area contributed by atoms with Crippen molar-refractivity contribution in [2.45, 2.75) is 13.0 Å². The molecule has 4 rings (SSSR count). The molecule has 3 nitrogen and oxygen atoms in total. The molecule has 0 spiro atoms. The summed E-state index contributed by atoms with van der Waals surface area (Å²) in [6, 6.07) is 28.9. The first-order valence-corrected chi connectivity index (χ1v) is 12.7. The average molecular weight is 512 g/mol. The number of hydrogen-bond acceptors (Lipinski definition) is 2. The molecule has 0 aliphatic heterocycles. The van der Waals surface area contributed by atoms with Gasteiger partial charge in [-0.05, 0) is 51.9 Å². The first kappa shape index (κ1) is 26.3. The zero-order chi connectivity index (χ0) is 25.6. The van der Waals surface area contributed by atoms with Crippen molar-refractivity contribution in [1.82, 2.24) is 0 Å². The number of halogens is 6. The standard InChI is InChI=1S/C25H22N2O.F6P/c26-17-19-10-12-22(13-11-19)28-15-5-14-27-18-25-23-8-3-1-6-20(23)16-21-7-2-4-9-24(21)25;1-7(2,3,4,5)6/h1-4,6-13,16,27H,5,14-15,18H2;/q;-1/p+1. The molecule has 10 heteroatoms. The smallest absolute Gasteiger partial charge is 0.119 e. The Morgan fingerprint density at radius 1 is 0.771 bits per heavy atom. The Hall–Kier alpha value is -3.34. The predicted octanol–water partition coefficient (Wildman–Crippen LogP) is 7.78. The summed E-state index contributed by atoms with van der Waals surface area (Å²) < 4.78 is 65.0. The molecule has 0 saturated heterocycles. The molecule has 0 saturated carbocycles. The Balaban J connectivity index is 0.000000429. The summed E-state index contributed by atoms with van der Waals surface area (Å²) in [7, 11) is -10.7. The van der Waals surface area contributed by atoms with Gasteiger partial charge in [-0.2, -0.15) is 5.26 Å². The summed E-state index contributed by atoms with van der Waals surface area (Å²) in [5, 5.41) is 16.5. The van der Waals surface area contributed by atoms with Crippen LogP contribution in [0.5, 0.6) is 5.75 Å². The summed E-state index contributed by atoms with van der Waals surface area (Å²) in [6.07, 6.45) is 0.975. The van der Waals surface area contributed by atoms with E-state index >= 15 is 0 Å². The van der Waals surface area contributed by atoms with E-state index in [1.165, 1.54) is 27.1 Å². The number of benzene rings is 4. The average Bonchev–Trinajstić information content (AvgIpc) is 2.79. The van der Waals surface area contributed by atoms with E-state index in [-0.39, 0.29) is 0 Å². The van der Waals surface area contributed by atoms with Gasteiger partial charge in [-0.3, -0.25) is 0 Å². The monoisotopic (exact) mass is 512 g/mol. The van der Waals surface area contributed by atoms with Gasteiger partial charge in [-0.25, -0.2) is 0 Å². The fourth-order valence-electron chi connectivity index (χ4n) is 3.62. The maximum atomic E-state index is 9.87. The molecule has 0 aliphatic rings. The topological polar surface area (TPSA) is 49.6 Å². The molecule has 2 N–H and O–H groups in total. The van der Waals surface area contributed by atoms with Gasteiger partial charge in [0.25, 0.3) is 0 Å². The second-order valence-electron chi connectivity index (χ2n) is 7.88. The van der Waals surface area contributed by atoms with Crippen molar-refractivity contribution in [3.63, 3.8) is 0 Å². The minimum Gasteiger partial charge on any atom is -0.493 e. The second kappa shape index (κ2) is 9.73. The van der Waals surface area contributed by atoms with Crippen LogP contribution >= 0.6 is 7.81 Å². The van der Waals surface area contributed by atoms with E-state index in [1.807, 2.05) is 12.1 Å². The van der Waals surface area contributed by atoms with Crippen LogP contribution in [0.25, 0.3) is 21.5 Å². The summed E-state index contributed by atoms with van der Waals surface area (Å²) in [5.74, 6) is 0.819. The predicted molar refractivity (Wildman–Crippen MR) is 127 cm³/mol. The van der Waals surface area contributed by atoms with Crippen LogP contribution < -0.4 is 10.1 Å². The summed E-state index contributed by atoms with van der Waals surface area (Å²) in [6.45, 7) is 2.64. The molecule has 0 bridgehead atoms. The second-order valence-corrected chi connectivity index (χ2v) is 9.79. The van der Waals surface area contributed by atoms with Gasteiger partial charge in [0.15, 0.2) is 0 Å². The van der Waals surface area contributed by atoms with Crippen LogP contribution in [-0.2, 0) is 6.54 Å². The van der Waals surface area contributed by atoms with Crippen molar-refractivity contribution >= 4 is 29.4 Å². The molecule has 4 aromatic carbocycles. The number of rotatable bonds is 7. The Labute approximate surface area is 198 Å².